The van der Waals surface area contributed by atoms with Crippen LogP contribution >= 0.6 is 0 Å². The van der Waals surface area contributed by atoms with Crippen molar-refractivity contribution in [2.75, 3.05) is 13.2 Å². The molecular weight excluding hydrogens is 210 g/mol. The summed E-state index contributed by atoms with van der Waals surface area (Å²) in [5.74, 6) is 2.68. The Morgan fingerprint density at radius 1 is 1.12 bits per heavy atom. The Labute approximate surface area is 106 Å². The summed E-state index contributed by atoms with van der Waals surface area (Å²) in [4.78, 5) is 0. The Balaban J connectivity index is 1.68. The van der Waals surface area contributed by atoms with Gasteiger partial charge in [0.1, 0.15) is 0 Å². The van der Waals surface area contributed by atoms with E-state index in [0.717, 1.165) is 30.8 Å². The minimum atomic E-state index is 0.332. The van der Waals surface area contributed by atoms with Crippen LogP contribution < -0.4 is 5.32 Å². The maximum absolute atomic E-state index is 8.90. The molecule has 0 amide bonds. The molecule has 0 saturated heterocycles. The van der Waals surface area contributed by atoms with Gasteiger partial charge in [-0.05, 0) is 50.0 Å². The van der Waals surface area contributed by atoms with Crippen LogP contribution in [-0.4, -0.2) is 24.3 Å². The van der Waals surface area contributed by atoms with Crippen molar-refractivity contribution < 1.29 is 5.11 Å². The zero-order valence-electron chi connectivity index (χ0n) is 11.3. The van der Waals surface area contributed by atoms with Gasteiger partial charge in [-0.3, -0.25) is 0 Å². The summed E-state index contributed by atoms with van der Waals surface area (Å²) < 4.78 is 0. The van der Waals surface area contributed by atoms with Crippen LogP contribution in [0.15, 0.2) is 0 Å². The van der Waals surface area contributed by atoms with E-state index >= 15 is 0 Å². The van der Waals surface area contributed by atoms with Crippen molar-refractivity contribution in [3.63, 3.8) is 0 Å². The Hall–Kier alpha value is -0.0800. The van der Waals surface area contributed by atoms with Gasteiger partial charge in [-0.2, -0.15) is 0 Å². The fraction of sp³-hybridized carbons (Fsp3) is 1.00. The number of hydrogen-bond acceptors (Lipinski definition) is 2. The highest BCUT2D eigenvalue weighted by Crippen LogP contribution is 2.40. The molecule has 2 N–H and O–H groups in total. The second-order valence-electron chi connectivity index (χ2n) is 6.34. The molecule has 0 radical (unpaired) electrons. The molecule has 0 aromatic rings. The number of hydrogen-bond donors (Lipinski definition) is 2. The fourth-order valence-corrected chi connectivity index (χ4v) is 3.75. The van der Waals surface area contributed by atoms with E-state index in [1.165, 1.54) is 44.9 Å². The molecule has 100 valence electrons. The zero-order valence-corrected chi connectivity index (χ0v) is 11.3. The monoisotopic (exact) mass is 239 g/mol. The van der Waals surface area contributed by atoms with Crippen LogP contribution in [0.5, 0.6) is 0 Å². The molecular formula is C15H29NO. The van der Waals surface area contributed by atoms with E-state index in [-0.39, 0.29) is 0 Å². The summed E-state index contributed by atoms with van der Waals surface area (Å²) in [6, 6.07) is 0.760. The molecule has 0 bridgehead atoms. The highest BCUT2D eigenvalue weighted by atomic mass is 16.3. The summed E-state index contributed by atoms with van der Waals surface area (Å²) >= 11 is 0. The molecule has 2 aliphatic carbocycles. The van der Waals surface area contributed by atoms with Crippen LogP contribution in [-0.2, 0) is 0 Å². The van der Waals surface area contributed by atoms with Crippen LogP contribution in [0.2, 0.25) is 0 Å². The zero-order chi connectivity index (χ0) is 12.1. The van der Waals surface area contributed by atoms with E-state index < -0.39 is 0 Å². The molecule has 0 aliphatic heterocycles. The Morgan fingerprint density at radius 3 is 2.65 bits per heavy atom. The molecule has 0 aromatic carbocycles. The highest BCUT2D eigenvalue weighted by Gasteiger charge is 2.31. The van der Waals surface area contributed by atoms with Gasteiger partial charge < -0.3 is 10.4 Å². The number of nitrogens with one attached hydrogen (secondary N) is 1. The van der Waals surface area contributed by atoms with E-state index in [2.05, 4.69) is 12.2 Å². The van der Waals surface area contributed by atoms with Crippen molar-refractivity contribution in [3.8, 4) is 0 Å². The molecule has 0 aromatic heterocycles. The number of aliphatic hydroxyl groups excluding tert-OH is 1. The molecule has 0 spiro atoms. The Kier molecular flexibility index (Phi) is 5.30. The summed E-state index contributed by atoms with van der Waals surface area (Å²) in [6.07, 6.45) is 11.1. The standard InChI is InChI=1S/C15H29NO/c1-12(8-9-17)11-16-15-7-6-13-4-2-3-5-14(13)10-15/h12-17H,2-11H2,1H3. The normalized spacial score (nSPS) is 35.3. The van der Waals surface area contributed by atoms with Crippen molar-refractivity contribution in [3.05, 3.63) is 0 Å². The number of rotatable bonds is 5. The highest BCUT2D eigenvalue weighted by molar-refractivity contribution is 4.86. The van der Waals surface area contributed by atoms with Gasteiger partial charge in [-0.15, -0.1) is 0 Å². The summed E-state index contributed by atoms with van der Waals surface area (Å²) in [6.45, 7) is 3.65. The van der Waals surface area contributed by atoms with Gasteiger partial charge in [0.05, 0.1) is 0 Å². The molecule has 4 unspecified atom stereocenters. The van der Waals surface area contributed by atoms with Crippen molar-refractivity contribution >= 4 is 0 Å². The largest absolute Gasteiger partial charge is 0.396 e. The molecule has 2 saturated carbocycles. The van der Waals surface area contributed by atoms with E-state index in [4.69, 9.17) is 5.11 Å². The van der Waals surface area contributed by atoms with Crippen molar-refractivity contribution in [2.45, 2.75) is 64.3 Å². The maximum atomic E-state index is 8.90. The fourth-order valence-electron chi connectivity index (χ4n) is 3.75. The second kappa shape index (κ2) is 6.75. The number of fused-ring (bicyclic) bond motifs is 1. The summed E-state index contributed by atoms with van der Waals surface area (Å²) in [5.41, 5.74) is 0. The van der Waals surface area contributed by atoms with Gasteiger partial charge in [0.15, 0.2) is 0 Å². The van der Waals surface area contributed by atoms with E-state index in [0.29, 0.717) is 12.5 Å². The predicted octanol–water partition coefficient (Wildman–Crippen LogP) is 2.95. The summed E-state index contributed by atoms with van der Waals surface area (Å²) in [7, 11) is 0. The first-order valence-corrected chi connectivity index (χ1v) is 7.64. The van der Waals surface area contributed by atoms with Crippen molar-refractivity contribution in [2.24, 2.45) is 17.8 Å². The molecule has 17 heavy (non-hydrogen) atoms. The minimum absolute atomic E-state index is 0.332. The molecule has 2 nitrogen and oxygen atoms in total. The van der Waals surface area contributed by atoms with Gasteiger partial charge in [0.2, 0.25) is 0 Å². The predicted molar refractivity (Wildman–Crippen MR) is 72.0 cm³/mol. The van der Waals surface area contributed by atoms with Crippen LogP contribution in [0.4, 0.5) is 0 Å². The SMILES string of the molecule is CC(CCO)CNC1CCC2CCCCC2C1. The lowest BCUT2D eigenvalue weighted by Crippen LogP contribution is -2.40. The topological polar surface area (TPSA) is 32.3 Å². The van der Waals surface area contributed by atoms with Crippen molar-refractivity contribution in [1.82, 2.24) is 5.32 Å². The lowest BCUT2D eigenvalue weighted by molar-refractivity contribution is 0.141. The van der Waals surface area contributed by atoms with Crippen LogP contribution in [0.25, 0.3) is 0 Å². The quantitative estimate of drug-likeness (QED) is 0.773. The van der Waals surface area contributed by atoms with E-state index in [1.54, 1.807) is 0 Å². The van der Waals surface area contributed by atoms with Crippen molar-refractivity contribution in [1.29, 1.82) is 0 Å². The molecule has 2 aliphatic rings. The van der Waals surface area contributed by atoms with E-state index in [9.17, 15) is 0 Å². The lowest BCUT2D eigenvalue weighted by Gasteiger charge is -2.40. The van der Waals surface area contributed by atoms with Crippen LogP contribution in [0, 0.1) is 17.8 Å². The maximum Gasteiger partial charge on any atom is 0.0434 e. The first-order valence-electron chi connectivity index (χ1n) is 7.64. The average molecular weight is 239 g/mol. The Bertz CT molecular complexity index is 219. The lowest BCUT2D eigenvalue weighted by atomic mass is 9.69. The summed E-state index contributed by atoms with van der Waals surface area (Å²) in [5, 5.41) is 12.6. The Morgan fingerprint density at radius 2 is 1.88 bits per heavy atom. The van der Waals surface area contributed by atoms with Gasteiger partial charge in [-0.1, -0.05) is 32.6 Å². The molecule has 4 atom stereocenters. The smallest absolute Gasteiger partial charge is 0.0434 e. The average Bonchev–Trinajstić information content (AvgIpc) is 2.36. The van der Waals surface area contributed by atoms with Gasteiger partial charge in [0.25, 0.3) is 0 Å². The van der Waals surface area contributed by atoms with Gasteiger partial charge >= 0.3 is 0 Å². The van der Waals surface area contributed by atoms with Gasteiger partial charge in [-0.25, -0.2) is 0 Å². The minimum Gasteiger partial charge on any atom is -0.396 e. The third-order valence-electron chi connectivity index (χ3n) is 4.92. The second-order valence-corrected chi connectivity index (χ2v) is 6.34. The third kappa shape index (κ3) is 3.96. The van der Waals surface area contributed by atoms with Gasteiger partial charge in [0, 0.05) is 12.6 Å². The van der Waals surface area contributed by atoms with Crippen LogP contribution in [0.3, 0.4) is 0 Å². The molecule has 2 heteroatoms. The molecule has 2 fully saturated rings. The molecule has 0 heterocycles. The first-order chi connectivity index (χ1) is 8.29. The molecule has 2 rings (SSSR count). The van der Waals surface area contributed by atoms with E-state index in [1.807, 2.05) is 0 Å². The third-order valence-corrected chi connectivity index (χ3v) is 4.92. The number of aliphatic hydroxyl groups is 1. The first kappa shape index (κ1) is 13.4. The van der Waals surface area contributed by atoms with Crippen LogP contribution in [0.1, 0.15) is 58.3 Å².